The highest BCUT2D eigenvalue weighted by Crippen LogP contribution is 2.41. The Labute approximate surface area is 72.7 Å². The molecular weight excluding hydrogens is 152 g/mol. The van der Waals surface area contributed by atoms with Crippen LogP contribution in [0.15, 0.2) is 0 Å². The van der Waals surface area contributed by atoms with Crippen molar-refractivity contribution in [2.45, 2.75) is 38.1 Å². The summed E-state index contributed by atoms with van der Waals surface area (Å²) in [7, 11) is 0. The molecule has 1 aliphatic carbocycles. The van der Waals surface area contributed by atoms with E-state index in [9.17, 15) is 4.79 Å². The van der Waals surface area contributed by atoms with Gasteiger partial charge in [-0.25, -0.2) is 0 Å². The molecule has 2 atom stereocenters. The molecule has 3 heteroatoms. The van der Waals surface area contributed by atoms with E-state index in [1.54, 1.807) is 0 Å². The minimum Gasteiger partial charge on any atom is -0.356 e. The van der Waals surface area contributed by atoms with Gasteiger partial charge in [0.25, 0.3) is 0 Å². The van der Waals surface area contributed by atoms with Gasteiger partial charge in [-0.15, -0.1) is 0 Å². The Hall–Kier alpha value is -0.570. The summed E-state index contributed by atoms with van der Waals surface area (Å²) in [4.78, 5) is 11.5. The van der Waals surface area contributed by atoms with E-state index in [-0.39, 0.29) is 17.4 Å². The average Bonchev–Trinajstić information content (AvgIpc) is 2.33. The lowest BCUT2D eigenvalue weighted by Crippen LogP contribution is -2.40. The van der Waals surface area contributed by atoms with Crippen LogP contribution in [0, 0.1) is 5.41 Å². The maximum Gasteiger partial charge on any atom is 0.226 e. The summed E-state index contributed by atoms with van der Waals surface area (Å²) < 4.78 is 0. The second kappa shape index (κ2) is 2.73. The number of hydrogen-bond acceptors (Lipinski definition) is 2. The van der Waals surface area contributed by atoms with Crippen LogP contribution in [-0.4, -0.2) is 18.5 Å². The monoisotopic (exact) mass is 168 g/mol. The maximum absolute atomic E-state index is 11.5. The van der Waals surface area contributed by atoms with Gasteiger partial charge in [0.1, 0.15) is 0 Å². The standard InChI is InChI=1S/C9H16N2O/c10-7-2-1-3-9(6-7)4-5-11-8(9)12/h7H,1-6,10H2,(H,11,12). The van der Waals surface area contributed by atoms with E-state index in [0.29, 0.717) is 0 Å². The summed E-state index contributed by atoms with van der Waals surface area (Å²) in [5.74, 6) is 0.248. The Morgan fingerprint density at radius 1 is 1.50 bits per heavy atom. The lowest BCUT2D eigenvalue weighted by atomic mass is 9.71. The lowest BCUT2D eigenvalue weighted by Gasteiger charge is -2.33. The molecule has 1 saturated heterocycles. The van der Waals surface area contributed by atoms with Crippen LogP contribution in [0.3, 0.4) is 0 Å². The van der Waals surface area contributed by atoms with Crippen LogP contribution in [0.1, 0.15) is 32.1 Å². The molecule has 12 heavy (non-hydrogen) atoms. The average molecular weight is 168 g/mol. The van der Waals surface area contributed by atoms with Crippen LogP contribution in [-0.2, 0) is 4.79 Å². The lowest BCUT2D eigenvalue weighted by molar-refractivity contribution is -0.129. The van der Waals surface area contributed by atoms with Gasteiger partial charge in [0.05, 0.1) is 5.41 Å². The number of nitrogens with two attached hydrogens (primary N) is 1. The van der Waals surface area contributed by atoms with Crippen molar-refractivity contribution in [2.24, 2.45) is 11.1 Å². The molecule has 2 unspecified atom stereocenters. The van der Waals surface area contributed by atoms with Gasteiger partial charge in [-0.05, 0) is 25.7 Å². The Morgan fingerprint density at radius 3 is 2.92 bits per heavy atom. The third-order valence-corrected chi connectivity index (χ3v) is 3.25. The van der Waals surface area contributed by atoms with Gasteiger partial charge in [0.2, 0.25) is 5.91 Å². The fraction of sp³-hybridized carbons (Fsp3) is 0.889. The molecule has 68 valence electrons. The summed E-state index contributed by atoms with van der Waals surface area (Å²) in [5.41, 5.74) is 5.80. The maximum atomic E-state index is 11.5. The molecule has 0 bridgehead atoms. The molecule has 2 rings (SSSR count). The number of carbonyl (C=O) groups is 1. The van der Waals surface area contributed by atoms with Crippen LogP contribution in [0.5, 0.6) is 0 Å². The highest BCUT2D eigenvalue weighted by molar-refractivity contribution is 5.84. The van der Waals surface area contributed by atoms with Crippen molar-refractivity contribution in [3.63, 3.8) is 0 Å². The summed E-state index contributed by atoms with van der Waals surface area (Å²) in [6.07, 6.45) is 5.16. The predicted octanol–water partition coefficient (Wildman–Crippen LogP) is 0.394. The topological polar surface area (TPSA) is 55.1 Å². The number of amides is 1. The Bertz CT molecular complexity index is 205. The Balaban J connectivity index is 2.13. The molecule has 0 aromatic carbocycles. The van der Waals surface area contributed by atoms with E-state index in [4.69, 9.17) is 5.73 Å². The number of rotatable bonds is 0. The fourth-order valence-electron chi connectivity index (χ4n) is 2.56. The van der Waals surface area contributed by atoms with Gasteiger partial charge in [0.15, 0.2) is 0 Å². The van der Waals surface area contributed by atoms with Crippen LogP contribution >= 0.6 is 0 Å². The first kappa shape index (κ1) is 8.05. The van der Waals surface area contributed by atoms with E-state index in [2.05, 4.69) is 5.32 Å². The molecule has 0 aromatic heterocycles. The quantitative estimate of drug-likeness (QED) is 0.550. The van der Waals surface area contributed by atoms with Crippen LogP contribution in [0.2, 0.25) is 0 Å². The molecule has 1 aliphatic heterocycles. The number of carbonyl (C=O) groups excluding carboxylic acids is 1. The van der Waals surface area contributed by atoms with Crippen molar-refractivity contribution in [2.75, 3.05) is 6.54 Å². The zero-order valence-electron chi connectivity index (χ0n) is 7.31. The normalized spacial score (nSPS) is 41.8. The first-order valence-electron chi connectivity index (χ1n) is 4.77. The van der Waals surface area contributed by atoms with Gasteiger partial charge in [0, 0.05) is 12.6 Å². The second-order valence-electron chi connectivity index (χ2n) is 4.14. The van der Waals surface area contributed by atoms with E-state index in [1.807, 2.05) is 0 Å². The van der Waals surface area contributed by atoms with Gasteiger partial charge < -0.3 is 11.1 Å². The molecular formula is C9H16N2O. The van der Waals surface area contributed by atoms with Crippen LogP contribution in [0.4, 0.5) is 0 Å². The van der Waals surface area contributed by atoms with E-state index >= 15 is 0 Å². The van der Waals surface area contributed by atoms with Crippen LogP contribution < -0.4 is 11.1 Å². The molecule has 3 nitrogen and oxygen atoms in total. The second-order valence-corrected chi connectivity index (χ2v) is 4.14. The highest BCUT2D eigenvalue weighted by atomic mass is 16.2. The molecule has 1 amide bonds. The van der Waals surface area contributed by atoms with Crippen molar-refractivity contribution in [3.8, 4) is 0 Å². The van der Waals surface area contributed by atoms with Gasteiger partial charge in [-0.2, -0.15) is 0 Å². The largest absolute Gasteiger partial charge is 0.356 e. The zero-order chi connectivity index (χ0) is 8.60. The Kier molecular flexibility index (Phi) is 1.83. The third kappa shape index (κ3) is 1.12. The predicted molar refractivity (Wildman–Crippen MR) is 46.5 cm³/mol. The summed E-state index contributed by atoms with van der Waals surface area (Å²) in [5, 5.41) is 2.91. The highest BCUT2D eigenvalue weighted by Gasteiger charge is 2.44. The van der Waals surface area contributed by atoms with E-state index in [0.717, 1.165) is 38.6 Å². The summed E-state index contributed by atoms with van der Waals surface area (Å²) >= 11 is 0. The zero-order valence-corrected chi connectivity index (χ0v) is 7.31. The van der Waals surface area contributed by atoms with Crippen molar-refractivity contribution >= 4 is 5.91 Å². The SMILES string of the molecule is NC1CCCC2(CCNC2=O)C1. The smallest absolute Gasteiger partial charge is 0.226 e. The molecule has 1 saturated carbocycles. The van der Waals surface area contributed by atoms with Crippen molar-refractivity contribution in [1.82, 2.24) is 5.32 Å². The van der Waals surface area contributed by atoms with E-state index in [1.165, 1.54) is 0 Å². The summed E-state index contributed by atoms with van der Waals surface area (Å²) in [6, 6.07) is 0.252. The van der Waals surface area contributed by atoms with Gasteiger partial charge in [-0.1, -0.05) is 6.42 Å². The summed E-state index contributed by atoms with van der Waals surface area (Å²) in [6.45, 7) is 0.853. The molecule has 1 spiro atoms. The molecule has 0 aromatic rings. The molecule has 1 heterocycles. The third-order valence-electron chi connectivity index (χ3n) is 3.25. The number of nitrogens with one attached hydrogen (secondary N) is 1. The number of hydrogen-bond donors (Lipinski definition) is 2. The van der Waals surface area contributed by atoms with Gasteiger partial charge in [-0.3, -0.25) is 4.79 Å². The van der Waals surface area contributed by atoms with Gasteiger partial charge >= 0.3 is 0 Å². The first-order valence-corrected chi connectivity index (χ1v) is 4.77. The van der Waals surface area contributed by atoms with Crippen molar-refractivity contribution in [3.05, 3.63) is 0 Å². The first-order chi connectivity index (χ1) is 5.73. The Morgan fingerprint density at radius 2 is 2.33 bits per heavy atom. The minimum absolute atomic E-state index is 0.0718. The van der Waals surface area contributed by atoms with Crippen molar-refractivity contribution < 1.29 is 4.79 Å². The molecule has 0 radical (unpaired) electrons. The van der Waals surface area contributed by atoms with Crippen LogP contribution in [0.25, 0.3) is 0 Å². The molecule has 3 N–H and O–H groups in total. The van der Waals surface area contributed by atoms with Crippen molar-refractivity contribution in [1.29, 1.82) is 0 Å². The molecule has 2 fully saturated rings. The minimum atomic E-state index is -0.0718. The van der Waals surface area contributed by atoms with E-state index < -0.39 is 0 Å². The fourth-order valence-corrected chi connectivity index (χ4v) is 2.56. The molecule has 2 aliphatic rings.